The van der Waals surface area contributed by atoms with Crippen LogP contribution in [0.15, 0.2) is 28.6 Å². The number of nitrogens with zero attached hydrogens (tertiary/aromatic N) is 2. The average molecular weight is 467 g/mol. The molecule has 0 bridgehead atoms. The van der Waals surface area contributed by atoms with Crippen LogP contribution in [0.4, 0.5) is 0 Å². The molecule has 0 aromatic carbocycles. The predicted molar refractivity (Wildman–Crippen MR) is 124 cm³/mol. The molecule has 0 aliphatic carbocycles. The van der Waals surface area contributed by atoms with E-state index < -0.39 is 29.9 Å². The van der Waals surface area contributed by atoms with Crippen molar-refractivity contribution in [1.82, 2.24) is 10.7 Å². The minimum absolute atomic E-state index is 0.0734. The number of aliphatic imine (C=N–C) groups is 1. The lowest BCUT2D eigenvalue weighted by atomic mass is 9.74. The summed E-state index contributed by atoms with van der Waals surface area (Å²) < 4.78 is 0. The molecule has 0 saturated heterocycles. The van der Waals surface area contributed by atoms with E-state index in [-0.39, 0.29) is 37.0 Å². The third kappa shape index (κ3) is 11.6. The molecule has 1 rings (SSSR count). The fraction of sp³-hybridized carbons (Fsp3) is 0.526. The fourth-order valence-electron chi connectivity index (χ4n) is 2.93. The first-order chi connectivity index (χ1) is 15.1. The van der Waals surface area contributed by atoms with Crippen LogP contribution in [0.25, 0.3) is 6.08 Å². The van der Waals surface area contributed by atoms with Crippen molar-refractivity contribution in [3.8, 4) is 0 Å². The Bertz CT molecular complexity index is 800. The topological polar surface area (TPSA) is 180 Å². The van der Waals surface area contributed by atoms with E-state index in [4.69, 9.17) is 5.73 Å². The molecule has 0 radical (unpaired) electrons. The summed E-state index contributed by atoms with van der Waals surface area (Å²) in [5.41, 5.74) is 7.09. The molecule has 1 aromatic heterocycles. The number of carbonyl (C=O) groups excluding carboxylic acids is 2. The number of carbonyl (C=O) groups is 2. The molecule has 32 heavy (non-hydrogen) atoms. The normalized spacial score (nSPS) is 13.7. The second-order valence-corrected chi connectivity index (χ2v) is 8.63. The number of hydrogen-bond acceptors (Lipinski definition) is 8. The molecule has 0 saturated carbocycles. The van der Waals surface area contributed by atoms with Gasteiger partial charge in [0.1, 0.15) is 0 Å². The molecule has 6 N–H and O–H groups in total. The van der Waals surface area contributed by atoms with E-state index in [1.807, 2.05) is 31.4 Å². The number of nitro groups is 1. The number of thiophene rings is 1. The first-order valence-corrected chi connectivity index (χ1v) is 11.1. The van der Waals surface area contributed by atoms with E-state index in [1.54, 1.807) is 11.5 Å². The lowest BCUT2D eigenvalue weighted by Gasteiger charge is -2.23. The molecule has 11 nitrogen and oxygen atoms in total. The number of guanidine groups is 1. The van der Waals surface area contributed by atoms with E-state index in [1.165, 1.54) is 17.4 Å². The van der Waals surface area contributed by atoms with Crippen molar-refractivity contribution in [3.63, 3.8) is 0 Å². The number of hydrazine groups is 1. The summed E-state index contributed by atoms with van der Waals surface area (Å²) in [6, 6.07) is 3.72. The van der Waals surface area contributed by atoms with Gasteiger partial charge in [-0.2, -0.15) is 0 Å². The Morgan fingerprint density at radius 3 is 2.69 bits per heavy atom. The van der Waals surface area contributed by atoms with Gasteiger partial charge >= 0.3 is 7.12 Å². The van der Waals surface area contributed by atoms with Crippen LogP contribution in [0, 0.1) is 22.0 Å². The monoisotopic (exact) mass is 467 g/mol. The van der Waals surface area contributed by atoms with Gasteiger partial charge in [0.05, 0.1) is 5.94 Å². The highest BCUT2D eigenvalue weighted by atomic mass is 32.1. The molecular formula is C19H30BN5O6S. The Morgan fingerprint density at radius 1 is 1.41 bits per heavy atom. The van der Waals surface area contributed by atoms with Crippen LogP contribution < -0.4 is 16.5 Å². The van der Waals surface area contributed by atoms with Gasteiger partial charge in [-0.3, -0.25) is 9.59 Å². The Hall–Kier alpha value is -2.77. The Balaban J connectivity index is 2.79. The zero-order valence-corrected chi connectivity index (χ0v) is 19.0. The van der Waals surface area contributed by atoms with Gasteiger partial charge in [0.2, 0.25) is 5.91 Å². The average Bonchev–Trinajstić information content (AvgIpc) is 3.20. The summed E-state index contributed by atoms with van der Waals surface area (Å²) in [4.78, 5) is 40.3. The SMILES string of the molecule is CC(C)C[C@H](NC(=O)[C@H](CCCN=C(N)N[N+](=O)[O-])CC(=O)/C=C/c1cccs1)B(O)O. The van der Waals surface area contributed by atoms with E-state index in [0.29, 0.717) is 12.8 Å². The zero-order chi connectivity index (χ0) is 24.1. The number of ketones is 1. The molecule has 0 spiro atoms. The molecule has 13 heteroatoms. The van der Waals surface area contributed by atoms with Crippen molar-refractivity contribution in [2.75, 3.05) is 6.54 Å². The standard InChI is InChI=1S/C19H30BN5O6S/c1-13(2)11-17(20(28)29)23-18(27)14(5-3-9-22-19(21)24-25(30)31)12-15(26)7-8-16-6-4-10-32-16/h4,6-8,10,13-14,17,28-29H,3,5,9,11-12H2,1-2H3,(H,23,27)(H3,21,22,24)/b8-7+/t14-,17+/m1/s1. The maximum atomic E-state index is 12.8. The summed E-state index contributed by atoms with van der Waals surface area (Å²) in [5.74, 6) is -2.55. The Labute approximate surface area is 191 Å². The van der Waals surface area contributed by atoms with Crippen LogP contribution in [0.2, 0.25) is 0 Å². The van der Waals surface area contributed by atoms with E-state index in [9.17, 15) is 29.8 Å². The second-order valence-electron chi connectivity index (χ2n) is 7.65. The number of allylic oxidation sites excluding steroid dienone is 1. The van der Waals surface area contributed by atoms with Gasteiger partial charge in [-0.15, -0.1) is 11.3 Å². The minimum atomic E-state index is -1.73. The van der Waals surface area contributed by atoms with Crippen LogP contribution >= 0.6 is 11.3 Å². The molecule has 0 fully saturated rings. The predicted octanol–water partition coefficient (Wildman–Crippen LogP) is 0.756. The van der Waals surface area contributed by atoms with Gasteiger partial charge < -0.3 is 21.1 Å². The molecule has 0 unspecified atom stereocenters. The minimum Gasteiger partial charge on any atom is -0.426 e. The number of hydrogen-bond donors (Lipinski definition) is 5. The highest BCUT2D eigenvalue weighted by Crippen LogP contribution is 2.16. The van der Waals surface area contributed by atoms with Gasteiger partial charge in [-0.25, -0.2) is 15.1 Å². The first-order valence-electron chi connectivity index (χ1n) is 10.2. The fourth-order valence-corrected chi connectivity index (χ4v) is 3.55. The molecule has 1 aromatic rings. The number of rotatable bonds is 14. The third-order valence-corrected chi connectivity index (χ3v) is 5.24. The lowest BCUT2D eigenvalue weighted by Crippen LogP contribution is -2.49. The van der Waals surface area contributed by atoms with Crippen molar-refractivity contribution in [2.24, 2.45) is 22.6 Å². The highest BCUT2D eigenvalue weighted by molar-refractivity contribution is 7.10. The summed E-state index contributed by atoms with van der Waals surface area (Å²) in [5, 5.41) is 33.2. The van der Waals surface area contributed by atoms with Crippen LogP contribution in [0.3, 0.4) is 0 Å². The molecule has 0 aliphatic heterocycles. The Kier molecular flexibility index (Phi) is 12.2. The summed E-state index contributed by atoms with van der Waals surface area (Å²) >= 11 is 1.48. The van der Waals surface area contributed by atoms with Crippen LogP contribution in [-0.4, -0.2) is 52.3 Å². The molecular weight excluding hydrogens is 437 g/mol. The van der Waals surface area contributed by atoms with Gasteiger partial charge in [-0.1, -0.05) is 25.3 Å². The van der Waals surface area contributed by atoms with Gasteiger partial charge in [0, 0.05) is 23.8 Å². The molecule has 1 heterocycles. The number of nitrogens with two attached hydrogens (primary N) is 1. The second kappa shape index (κ2) is 14.3. The summed E-state index contributed by atoms with van der Waals surface area (Å²) in [6.45, 7) is 3.90. The lowest BCUT2D eigenvalue weighted by molar-refractivity contribution is -0.525. The molecule has 2 atom stereocenters. The maximum absolute atomic E-state index is 12.8. The summed E-state index contributed by atoms with van der Waals surface area (Å²) in [7, 11) is -1.73. The van der Waals surface area contributed by atoms with Crippen molar-refractivity contribution in [1.29, 1.82) is 0 Å². The number of nitrogens with one attached hydrogen (secondary N) is 2. The van der Waals surface area contributed by atoms with E-state index in [0.717, 1.165) is 4.88 Å². The van der Waals surface area contributed by atoms with Crippen LogP contribution in [0.5, 0.6) is 0 Å². The van der Waals surface area contributed by atoms with Gasteiger partial charge in [0.15, 0.2) is 10.8 Å². The van der Waals surface area contributed by atoms with Crippen molar-refractivity contribution >= 4 is 42.2 Å². The van der Waals surface area contributed by atoms with Crippen molar-refractivity contribution in [3.05, 3.63) is 38.6 Å². The Morgan fingerprint density at radius 2 is 2.12 bits per heavy atom. The largest absolute Gasteiger partial charge is 0.475 e. The number of amides is 1. The molecule has 176 valence electrons. The quantitative estimate of drug-likeness (QED) is 0.0506. The first kappa shape index (κ1) is 27.3. The maximum Gasteiger partial charge on any atom is 0.475 e. The summed E-state index contributed by atoms with van der Waals surface area (Å²) in [6.07, 6.45) is 3.98. The van der Waals surface area contributed by atoms with Gasteiger partial charge in [0.25, 0.3) is 5.96 Å². The smallest absolute Gasteiger partial charge is 0.426 e. The van der Waals surface area contributed by atoms with E-state index in [2.05, 4.69) is 10.3 Å². The van der Waals surface area contributed by atoms with Crippen LogP contribution in [-0.2, 0) is 9.59 Å². The van der Waals surface area contributed by atoms with Crippen LogP contribution in [0.1, 0.15) is 44.4 Å². The molecule has 1 amide bonds. The third-order valence-electron chi connectivity index (χ3n) is 4.41. The molecule has 0 aliphatic rings. The van der Waals surface area contributed by atoms with Crippen molar-refractivity contribution < 1.29 is 24.7 Å². The van der Waals surface area contributed by atoms with E-state index >= 15 is 0 Å². The van der Waals surface area contributed by atoms with Gasteiger partial charge in [-0.05, 0) is 48.8 Å². The highest BCUT2D eigenvalue weighted by Gasteiger charge is 2.29. The zero-order valence-electron chi connectivity index (χ0n) is 18.1. The van der Waals surface area contributed by atoms with Crippen molar-refractivity contribution in [2.45, 2.75) is 45.5 Å².